The molecule has 3 aromatic rings. The molecule has 1 aromatic heterocycles. The number of aromatic nitrogens is 2. The monoisotopic (exact) mass is 461 g/mol. The molecule has 176 valence electrons. The second kappa shape index (κ2) is 9.99. The van der Waals surface area contributed by atoms with E-state index < -0.39 is 11.2 Å². The fraction of sp³-hybridized carbons (Fsp3) is 0.308. The molecule has 0 bridgehead atoms. The lowest BCUT2D eigenvalue weighted by molar-refractivity contribution is -0.130. The van der Waals surface area contributed by atoms with E-state index in [4.69, 9.17) is 0 Å². The van der Waals surface area contributed by atoms with E-state index in [1.54, 1.807) is 62.6 Å². The van der Waals surface area contributed by atoms with Crippen LogP contribution >= 0.6 is 0 Å². The van der Waals surface area contributed by atoms with Crippen LogP contribution < -0.4 is 10.2 Å². The minimum atomic E-state index is -1.03. The van der Waals surface area contributed by atoms with Gasteiger partial charge in [0.2, 0.25) is 17.8 Å². The molecule has 1 aliphatic rings. The highest BCUT2D eigenvalue weighted by Crippen LogP contribution is 2.27. The van der Waals surface area contributed by atoms with Crippen LogP contribution in [0.15, 0.2) is 67.0 Å². The number of piperazine rings is 1. The fourth-order valence-corrected chi connectivity index (χ4v) is 3.98. The molecule has 1 fully saturated rings. The van der Waals surface area contributed by atoms with E-state index in [0.29, 0.717) is 43.4 Å². The van der Waals surface area contributed by atoms with E-state index in [9.17, 15) is 14.0 Å². The molecule has 1 saturated heterocycles. The van der Waals surface area contributed by atoms with Crippen molar-refractivity contribution >= 4 is 23.5 Å². The first-order valence-corrected chi connectivity index (χ1v) is 11.3. The summed E-state index contributed by atoms with van der Waals surface area (Å²) >= 11 is 0. The van der Waals surface area contributed by atoms with Crippen LogP contribution in [0.3, 0.4) is 0 Å². The van der Waals surface area contributed by atoms with Crippen LogP contribution in [-0.4, -0.2) is 52.9 Å². The zero-order chi connectivity index (χ0) is 24.1. The second-order valence-electron chi connectivity index (χ2n) is 8.85. The highest BCUT2D eigenvalue weighted by atomic mass is 19.1. The van der Waals surface area contributed by atoms with Crippen molar-refractivity contribution in [2.75, 3.05) is 36.4 Å². The number of nitrogens with zero attached hydrogens (tertiary/aromatic N) is 4. The maximum atomic E-state index is 14.2. The maximum absolute atomic E-state index is 14.2. The second-order valence-corrected chi connectivity index (χ2v) is 8.85. The molecule has 1 aliphatic heterocycles. The lowest BCUT2D eigenvalue weighted by Crippen LogP contribution is -2.49. The van der Waals surface area contributed by atoms with Gasteiger partial charge in [-0.25, -0.2) is 14.4 Å². The standard InChI is InChI=1S/C26H28FN5O2/c1-26(2,21-6-3-4-7-22(21)27)24(34)30-20-10-8-19(9-11-20)18-23(33)31-14-16-32(17-15-31)25-28-12-5-13-29-25/h3-13H,14-18H2,1-2H3,(H,30,34). The van der Waals surface area contributed by atoms with Crippen molar-refractivity contribution in [3.05, 3.63) is 83.9 Å². The molecular weight excluding hydrogens is 433 g/mol. The van der Waals surface area contributed by atoms with Gasteiger partial charge >= 0.3 is 0 Å². The van der Waals surface area contributed by atoms with Crippen molar-refractivity contribution in [1.82, 2.24) is 14.9 Å². The van der Waals surface area contributed by atoms with E-state index in [2.05, 4.69) is 20.2 Å². The number of carbonyl (C=O) groups excluding carboxylic acids is 2. The van der Waals surface area contributed by atoms with E-state index >= 15 is 0 Å². The summed E-state index contributed by atoms with van der Waals surface area (Å²) in [7, 11) is 0. The number of amides is 2. The number of nitrogens with one attached hydrogen (secondary N) is 1. The topological polar surface area (TPSA) is 78.4 Å². The Morgan fingerprint density at radius 3 is 2.24 bits per heavy atom. The number of anilines is 2. The number of hydrogen-bond donors (Lipinski definition) is 1. The van der Waals surface area contributed by atoms with Crippen LogP contribution in [-0.2, 0) is 21.4 Å². The predicted octanol–water partition coefficient (Wildman–Crippen LogP) is 3.42. The molecule has 2 aromatic carbocycles. The van der Waals surface area contributed by atoms with Crippen molar-refractivity contribution in [2.45, 2.75) is 25.7 Å². The fourth-order valence-electron chi connectivity index (χ4n) is 3.98. The van der Waals surface area contributed by atoms with Gasteiger partial charge in [0, 0.05) is 49.8 Å². The van der Waals surface area contributed by atoms with Gasteiger partial charge in [0.1, 0.15) is 5.82 Å². The lowest BCUT2D eigenvalue weighted by atomic mass is 9.83. The molecule has 8 heteroatoms. The molecule has 0 aliphatic carbocycles. The first-order chi connectivity index (χ1) is 16.3. The molecule has 34 heavy (non-hydrogen) atoms. The van der Waals surface area contributed by atoms with Gasteiger partial charge in [0.05, 0.1) is 11.8 Å². The Kier molecular flexibility index (Phi) is 6.86. The molecule has 7 nitrogen and oxygen atoms in total. The minimum Gasteiger partial charge on any atom is -0.339 e. The Hall–Kier alpha value is -3.81. The molecule has 0 saturated carbocycles. The normalized spacial score (nSPS) is 14.1. The van der Waals surface area contributed by atoms with Crippen molar-refractivity contribution < 1.29 is 14.0 Å². The van der Waals surface area contributed by atoms with Crippen LogP contribution in [0.4, 0.5) is 16.0 Å². The van der Waals surface area contributed by atoms with Crippen LogP contribution in [0.25, 0.3) is 0 Å². The van der Waals surface area contributed by atoms with Gasteiger partial charge in [-0.05, 0) is 43.7 Å². The Morgan fingerprint density at radius 1 is 0.941 bits per heavy atom. The van der Waals surface area contributed by atoms with Crippen molar-refractivity contribution in [1.29, 1.82) is 0 Å². The quantitative estimate of drug-likeness (QED) is 0.609. The number of hydrogen-bond acceptors (Lipinski definition) is 5. The molecule has 1 N–H and O–H groups in total. The lowest BCUT2D eigenvalue weighted by Gasteiger charge is -2.34. The van der Waals surface area contributed by atoms with Gasteiger partial charge in [0.15, 0.2) is 0 Å². The van der Waals surface area contributed by atoms with E-state index in [0.717, 1.165) is 5.56 Å². The molecule has 0 unspecified atom stereocenters. The molecule has 0 atom stereocenters. The molecule has 2 amide bonds. The van der Waals surface area contributed by atoms with Crippen molar-refractivity contribution in [3.63, 3.8) is 0 Å². The molecule has 4 rings (SSSR count). The Balaban J connectivity index is 1.31. The van der Waals surface area contributed by atoms with E-state index in [1.807, 2.05) is 17.0 Å². The summed E-state index contributed by atoms with van der Waals surface area (Å²) in [6.45, 7) is 6.01. The largest absolute Gasteiger partial charge is 0.339 e. The smallest absolute Gasteiger partial charge is 0.234 e. The average molecular weight is 462 g/mol. The summed E-state index contributed by atoms with van der Waals surface area (Å²) in [5.41, 5.74) is 0.772. The summed E-state index contributed by atoms with van der Waals surface area (Å²) in [6, 6.07) is 15.3. The first kappa shape index (κ1) is 23.4. The van der Waals surface area contributed by atoms with Crippen molar-refractivity contribution in [3.8, 4) is 0 Å². The number of halogens is 1. The highest BCUT2D eigenvalue weighted by Gasteiger charge is 2.32. The Morgan fingerprint density at radius 2 is 1.59 bits per heavy atom. The summed E-state index contributed by atoms with van der Waals surface area (Å²) < 4.78 is 14.2. The Bertz CT molecular complexity index is 1140. The van der Waals surface area contributed by atoms with Crippen LogP contribution in [0.1, 0.15) is 25.0 Å². The number of benzene rings is 2. The summed E-state index contributed by atoms with van der Waals surface area (Å²) in [5, 5.41) is 2.85. The number of rotatable bonds is 6. The van der Waals surface area contributed by atoms with Crippen LogP contribution in [0.2, 0.25) is 0 Å². The first-order valence-electron chi connectivity index (χ1n) is 11.3. The van der Waals surface area contributed by atoms with Crippen molar-refractivity contribution in [2.24, 2.45) is 0 Å². The predicted molar refractivity (Wildman–Crippen MR) is 129 cm³/mol. The molecular formula is C26H28FN5O2. The zero-order valence-electron chi connectivity index (χ0n) is 19.4. The van der Waals surface area contributed by atoms with Gasteiger partial charge in [-0.1, -0.05) is 30.3 Å². The SMILES string of the molecule is CC(C)(C(=O)Nc1ccc(CC(=O)N2CCN(c3ncccn3)CC2)cc1)c1ccccc1F. The van der Waals surface area contributed by atoms with Gasteiger partial charge in [-0.3, -0.25) is 9.59 Å². The summed E-state index contributed by atoms with van der Waals surface area (Å²) in [6.07, 6.45) is 3.72. The third kappa shape index (κ3) is 5.22. The third-order valence-electron chi connectivity index (χ3n) is 6.15. The number of carbonyl (C=O) groups is 2. The third-order valence-corrected chi connectivity index (χ3v) is 6.15. The molecule has 0 radical (unpaired) electrons. The molecule has 0 spiro atoms. The van der Waals surface area contributed by atoms with Gasteiger partial charge in [-0.15, -0.1) is 0 Å². The average Bonchev–Trinajstić information content (AvgIpc) is 2.86. The maximum Gasteiger partial charge on any atom is 0.234 e. The van der Waals surface area contributed by atoms with Gasteiger partial charge in [-0.2, -0.15) is 0 Å². The minimum absolute atomic E-state index is 0.0612. The van der Waals surface area contributed by atoms with Gasteiger partial charge < -0.3 is 15.1 Å². The summed E-state index contributed by atoms with van der Waals surface area (Å²) in [4.78, 5) is 38.1. The molecule has 2 heterocycles. The van der Waals surface area contributed by atoms with Crippen LogP contribution in [0.5, 0.6) is 0 Å². The summed E-state index contributed by atoms with van der Waals surface area (Å²) in [5.74, 6) is 0.0341. The zero-order valence-corrected chi connectivity index (χ0v) is 19.4. The highest BCUT2D eigenvalue weighted by molar-refractivity contribution is 5.98. The Labute approximate surface area is 198 Å². The van der Waals surface area contributed by atoms with E-state index in [-0.39, 0.29) is 18.2 Å². The van der Waals surface area contributed by atoms with Crippen LogP contribution in [0, 0.1) is 5.82 Å². The van der Waals surface area contributed by atoms with Gasteiger partial charge in [0.25, 0.3) is 0 Å². The van der Waals surface area contributed by atoms with E-state index in [1.165, 1.54) is 6.07 Å².